The highest BCUT2D eigenvalue weighted by atomic mass is 16.1. The standard InChI is InChI=1S/C16H19N5O/c17-14-4-2-13(3-5-14)15(22)12-20-8-10-21(11-9-20)16-18-6-1-7-19-16/h1-7H,8-12,17H2. The Kier molecular flexibility index (Phi) is 4.29. The van der Waals surface area contributed by atoms with Crippen molar-refractivity contribution in [3.8, 4) is 0 Å². The Labute approximate surface area is 129 Å². The van der Waals surface area contributed by atoms with Gasteiger partial charge in [-0.2, -0.15) is 0 Å². The molecule has 0 spiro atoms. The first-order valence-electron chi connectivity index (χ1n) is 7.35. The zero-order valence-corrected chi connectivity index (χ0v) is 12.4. The van der Waals surface area contributed by atoms with E-state index in [0.29, 0.717) is 17.8 Å². The molecule has 1 saturated heterocycles. The van der Waals surface area contributed by atoms with Gasteiger partial charge in [0, 0.05) is 49.8 Å². The monoisotopic (exact) mass is 297 g/mol. The van der Waals surface area contributed by atoms with Gasteiger partial charge in [0.1, 0.15) is 0 Å². The van der Waals surface area contributed by atoms with E-state index in [1.54, 1.807) is 36.7 Å². The first-order valence-corrected chi connectivity index (χ1v) is 7.35. The molecule has 22 heavy (non-hydrogen) atoms. The normalized spacial score (nSPS) is 15.7. The zero-order valence-electron chi connectivity index (χ0n) is 12.4. The summed E-state index contributed by atoms with van der Waals surface area (Å²) in [7, 11) is 0. The summed E-state index contributed by atoms with van der Waals surface area (Å²) in [5.41, 5.74) is 7.03. The number of hydrogen-bond donors (Lipinski definition) is 1. The van der Waals surface area contributed by atoms with Gasteiger partial charge >= 0.3 is 0 Å². The number of ketones is 1. The van der Waals surface area contributed by atoms with Crippen molar-refractivity contribution in [2.45, 2.75) is 0 Å². The molecule has 0 unspecified atom stereocenters. The summed E-state index contributed by atoms with van der Waals surface area (Å²) in [5, 5.41) is 0. The Morgan fingerprint density at radius 2 is 1.68 bits per heavy atom. The van der Waals surface area contributed by atoms with Crippen molar-refractivity contribution in [3.05, 3.63) is 48.3 Å². The number of nitrogens with two attached hydrogens (primary N) is 1. The molecule has 2 N–H and O–H groups in total. The summed E-state index contributed by atoms with van der Waals surface area (Å²) in [6.07, 6.45) is 3.50. The molecule has 1 aliphatic heterocycles. The van der Waals surface area contributed by atoms with E-state index < -0.39 is 0 Å². The second-order valence-electron chi connectivity index (χ2n) is 5.36. The second-order valence-corrected chi connectivity index (χ2v) is 5.36. The van der Waals surface area contributed by atoms with Crippen molar-refractivity contribution in [3.63, 3.8) is 0 Å². The smallest absolute Gasteiger partial charge is 0.225 e. The first kappa shape index (κ1) is 14.5. The zero-order chi connectivity index (χ0) is 15.4. The third-order valence-corrected chi connectivity index (χ3v) is 3.81. The first-order chi connectivity index (χ1) is 10.7. The minimum Gasteiger partial charge on any atom is -0.399 e. The van der Waals surface area contributed by atoms with Gasteiger partial charge in [-0.1, -0.05) is 0 Å². The minimum absolute atomic E-state index is 0.129. The third-order valence-electron chi connectivity index (χ3n) is 3.81. The van der Waals surface area contributed by atoms with Gasteiger partial charge in [0.25, 0.3) is 0 Å². The van der Waals surface area contributed by atoms with Crippen LogP contribution in [0.5, 0.6) is 0 Å². The summed E-state index contributed by atoms with van der Waals surface area (Å²) in [5.74, 6) is 0.886. The van der Waals surface area contributed by atoms with Gasteiger partial charge < -0.3 is 10.6 Å². The van der Waals surface area contributed by atoms with Crippen LogP contribution in [0.15, 0.2) is 42.7 Å². The molecule has 1 aliphatic rings. The van der Waals surface area contributed by atoms with Crippen LogP contribution in [0.25, 0.3) is 0 Å². The number of hydrogen-bond acceptors (Lipinski definition) is 6. The summed E-state index contributed by atoms with van der Waals surface area (Å²) in [6, 6.07) is 8.90. The number of nitrogens with zero attached hydrogens (tertiary/aromatic N) is 4. The third kappa shape index (κ3) is 3.40. The molecule has 114 valence electrons. The maximum atomic E-state index is 12.3. The lowest BCUT2D eigenvalue weighted by Crippen LogP contribution is -2.48. The number of carbonyl (C=O) groups excluding carboxylic acids is 1. The lowest BCUT2D eigenvalue weighted by Gasteiger charge is -2.34. The molecule has 1 fully saturated rings. The molecule has 0 aliphatic carbocycles. The second kappa shape index (κ2) is 6.53. The maximum Gasteiger partial charge on any atom is 0.225 e. The summed E-state index contributed by atoms with van der Waals surface area (Å²) in [4.78, 5) is 25.1. The molecule has 3 rings (SSSR count). The van der Waals surface area contributed by atoms with E-state index in [9.17, 15) is 4.79 Å². The van der Waals surface area contributed by atoms with Gasteiger partial charge in [0.15, 0.2) is 5.78 Å². The lowest BCUT2D eigenvalue weighted by atomic mass is 10.1. The number of anilines is 2. The van der Waals surface area contributed by atoms with E-state index in [1.807, 2.05) is 6.07 Å². The van der Waals surface area contributed by atoms with Gasteiger partial charge in [0.05, 0.1) is 6.54 Å². The van der Waals surface area contributed by atoms with Crippen LogP contribution >= 0.6 is 0 Å². The summed E-state index contributed by atoms with van der Waals surface area (Å²) in [6.45, 7) is 3.77. The number of rotatable bonds is 4. The molecule has 6 nitrogen and oxygen atoms in total. The molecule has 2 aromatic rings. The van der Waals surface area contributed by atoms with Crippen LogP contribution in [0, 0.1) is 0 Å². The van der Waals surface area contributed by atoms with Crippen LogP contribution in [0.3, 0.4) is 0 Å². The van der Waals surface area contributed by atoms with E-state index in [0.717, 1.165) is 32.1 Å². The number of nitrogen functional groups attached to an aromatic ring is 1. The molecule has 0 radical (unpaired) electrons. The van der Waals surface area contributed by atoms with Crippen molar-refractivity contribution in [2.24, 2.45) is 0 Å². The van der Waals surface area contributed by atoms with E-state index >= 15 is 0 Å². The Hall–Kier alpha value is -2.47. The predicted molar refractivity (Wildman–Crippen MR) is 85.9 cm³/mol. The van der Waals surface area contributed by atoms with Crippen LogP contribution in [0.2, 0.25) is 0 Å². The van der Waals surface area contributed by atoms with Crippen LogP contribution < -0.4 is 10.6 Å². The molecule has 6 heteroatoms. The molecule has 2 heterocycles. The van der Waals surface area contributed by atoms with E-state index in [2.05, 4.69) is 19.8 Å². The van der Waals surface area contributed by atoms with Gasteiger partial charge in [-0.15, -0.1) is 0 Å². The average molecular weight is 297 g/mol. The molecular formula is C16H19N5O. The summed E-state index contributed by atoms with van der Waals surface area (Å²) >= 11 is 0. The Morgan fingerprint density at radius 1 is 1.05 bits per heavy atom. The highest BCUT2D eigenvalue weighted by molar-refractivity contribution is 5.97. The Bertz CT molecular complexity index is 621. The van der Waals surface area contributed by atoms with Gasteiger partial charge in [0.2, 0.25) is 5.95 Å². The number of aromatic nitrogens is 2. The van der Waals surface area contributed by atoms with Crippen LogP contribution in [-0.2, 0) is 0 Å². The molecule has 0 bridgehead atoms. The molecule has 0 atom stereocenters. The number of piperazine rings is 1. The van der Waals surface area contributed by atoms with Crippen molar-refractivity contribution >= 4 is 17.4 Å². The number of benzene rings is 1. The topological polar surface area (TPSA) is 75.4 Å². The van der Waals surface area contributed by atoms with Gasteiger partial charge in [-0.25, -0.2) is 9.97 Å². The number of carbonyl (C=O) groups is 1. The van der Waals surface area contributed by atoms with Crippen molar-refractivity contribution in [1.29, 1.82) is 0 Å². The van der Waals surface area contributed by atoms with Gasteiger partial charge in [-0.3, -0.25) is 9.69 Å². The molecule has 0 amide bonds. The van der Waals surface area contributed by atoms with Crippen molar-refractivity contribution < 1.29 is 4.79 Å². The molecular weight excluding hydrogens is 278 g/mol. The van der Waals surface area contributed by atoms with Crippen LogP contribution in [0.1, 0.15) is 10.4 Å². The Balaban J connectivity index is 1.53. The maximum absolute atomic E-state index is 12.3. The molecule has 1 aromatic carbocycles. The van der Waals surface area contributed by atoms with Gasteiger partial charge in [-0.05, 0) is 30.3 Å². The fraction of sp³-hybridized carbons (Fsp3) is 0.312. The number of Topliss-reactive ketones (excluding diaryl/α,β-unsaturated/α-hetero) is 1. The van der Waals surface area contributed by atoms with E-state index in [-0.39, 0.29) is 5.78 Å². The summed E-state index contributed by atoms with van der Waals surface area (Å²) < 4.78 is 0. The quantitative estimate of drug-likeness (QED) is 0.672. The van der Waals surface area contributed by atoms with Crippen molar-refractivity contribution in [1.82, 2.24) is 14.9 Å². The van der Waals surface area contributed by atoms with Crippen LogP contribution in [0.4, 0.5) is 11.6 Å². The fourth-order valence-corrected chi connectivity index (χ4v) is 2.52. The molecule has 0 saturated carbocycles. The van der Waals surface area contributed by atoms with E-state index in [4.69, 9.17) is 5.73 Å². The molecule has 1 aromatic heterocycles. The van der Waals surface area contributed by atoms with Crippen molar-refractivity contribution in [2.75, 3.05) is 43.4 Å². The Morgan fingerprint density at radius 3 is 2.32 bits per heavy atom. The highest BCUT2D eigenvalue weighted by Crippen LogP contribution is 2.11. The SMILES string of the molecule is Nc1ccc(C(=O)CN2CCN(c3ncccn3)CC2)cc1. The minimum atomic E-state index is 0.129. The highest BCUT2D eigenvalue weighted by Gasteiger charge is 2.20. The van der Waals surface area contributed by atoms with E-state index in [1.165, 1.54) is 0 Å². The predicted octanol–water partition coefficient (Wildman–Crippen LogP) is 1.06. The van der Waals surface area contributed by atoms with Crippen LogP contribution in [-0.4, -0.2) is 53.4 Å². The fourth-order valence-electron chi connectivity index (χ4n) is 2.52. The average Bonchev–Trinajstić information content (AvgIpc) is 2.57. The largest absolute Gasteiger partial charge is 0.399 e. The lowest BCUT2D eigenvalue weighted by molar-refractivity contribution is 0.0926.